The SMILES string of the molecule is COc1ccc(Cl)cc1CNC/C=C/C(=O)O. The maximum absolute atomic E-state index is 10.2. The van der Waals surface area contributed by atoms with Gasteiger partial charge >= 0.3 is 5.97 Å². The number of methoxy groups -OCH3 is 1. The van der Waals surface area contributed by atoms with Crippen LogP contribution in [0.1, 0.15) is 5.56 Å². The van der Waals surface area contributed by atoms with Crippen LogP contribution in [-0.2, 0) is 11.3 Å². The van der Waals surface area contributed by atoms with Gasteiger partial charge in [-0.2, -0.15) is 0 Å². The molecule has 92 valence electrons. The number of aliphatic carboxylic acids is 1. The lowest BCUT2D eigenvalue weighted by Crippen LogP contribution is -2.13. The number of ether oxygens (including phenoxy) is 1. The lowest BCUT2D eigenvalue weighted by atomic mass is 10.2. The number of carbonyl (C=O) groups is 1. The highest BCUT2D eigenvalue weighted by molar-refractivity contribution is 6.30. The lowest BCUT2D eigenvalue weighted by Gasteiger charge is -2.08. The second kappa shape index (κ2) is 6.93. The van der Waals surface area contributed by atoms with Crippen molar-refractivity contribution in [3.8, 4) is 5.75 Å². The maximum Gasteiger partial charge on any atom is 0.328 e. The lowest BCUT2D eigenvalue weighted by molar-refractivity contribution is -0.131. The summed E-state index contributed by atoms with van der Waals surface area (Å²) < 4.78 is 5.18. The van der Waals surface area contributed by atoms with Gasteiger partial charge in [0.05, 0.1) is 7.11 Å². The minimum absolute atomic E-state index is 0.474. The molecular weight excluding hydrogens is 242 g/mol. The van der Waals surface area contributed by atoms with Crippen LogP contribution in [0.25, 0.3) is 0 Å². The molecule has 0 atom stereocenters. The normalized spacial score (nSPS) is 10.7. The summed E-state index contributed by atoms with van der Waals surface area (Å²) >= 11 is 5.88. The predicted molar refractivity (Wildman–Crippen MR) is 66.5 cm³/mol. The summed E-state index contributed by atoms with van der Waals surface area (Å²) in [5.41, 5.74) is 0.934. The van der Waals surface area contributed by atoms with Crippen molar-refractivity contribution in [1.29, 1.82) is 0 Å². The minimum Gasteiger partial charge on any atom is -0.496 e. The van der Waals surface area contributed by atoms with Crippen molar-refractivity contribution >= 4 is 17.6 Å². The highest BCUT2D eigenvalue weighted by atomic mass is 35.5. The van der Waals surface area contributed by atoms with E-state index in [1.807, 2.05) is 6.07 Å². The smallest absolute Gasteiger partial charge is 0.328 e. The van der Waals surface area contributed by atoms with Gasteiger partial charge in [0.25, 0.3) is 0 Å². The van der Waals surface area contributed by atoms with Crippen LogP contribution >= 0.6 is 11.6 Å². The van der Waals surface area contributed by atoms with Crippen LogP contribution in [0.3, 0.4) is 0 Å². The van der Waals surface area contributed by atoms with Gasteiger partial charge in [0.1, 0.15) is 5.75 Å². The first kappa shape index (κ1) is 13.5. The maximum atomic E-state index is 10.2. The number of benzene rings is 1. The fourth-order valence-electron chi connectivity index (χ4n) is 1.34. The van der Waals surface area contributed by atoms with E-state index in [4.69, 9.17) is 21.4 Å². The number of rotatable bonds is 6. The molecule has 0 saturated carbocycles. The average molecular weight is 256 g/mol. The Morgan fingerprint density at radius 3 is 3.00 bits per heavy atom. The predicted octanol–water partition coefficient (Wildman–Crippen LogP) is 2.08. The second-order valence-electron chi connectivity index (χ2n) is 3.33. The number of carboxylic acids is 1. The standard InChI is InChI=1S/C12H14ClNO3/c1-17-11-5-4-10(13)7-9(11)8-14-6-2-3-12(15)16/h2-5,7,14H,6,8H2,1H3,(H,15,16)/b3-2+. The van der Waals surface area contributed by atoms with Crippen LogP contribution in [0, 0.1) is 0 Å². The molecule has 4 nitrogen and oxygen atoms in total. The minimum atomic E-state index is -0.952. The van der Waals surface area contributed by atoms with Crippen molar-refractivity contribution in [3.05, 3.63) is 40.9 Å². The van der Waals surface area contributed by atoms with Gasteiger partial charge in [-0.25, -0.2) is 4.79 Å². The summed E-state index contributed by atoms with van der Waals surface area (Å²) in [7, 11) is 1.59. The Bertz CT molecular complexity index is 418. The van der Waals surface area contributed by atoms with Crippen LogP contribution in [-0.4, -0.2) is 24.7 Å². The highest BCUT2D eigenvalue weighted by Gasteiger charge is 2.02. The fourth-order valence-corrected chi connectivity index (χ4v) is 1.53. The molecule has 0 radical (unpaired) electrons. The Balaban J connectivity index is 2.51. The first-order valence-corrected chi connectivity index (χ1v) is 5.44. The van der Waals surface area contributed by atoms with Gasteiger partial charge in [-0.3, -0.25) is 0 Å². The van der Waals surface area contributed by atoms with Crippen molar-refractivity contribution in [1.82, 2.24) is 5.32 Å². The topological polar surface area (TPSA) is 58.6 Å². The van der Waals surface area contributed by atoms with Gasteiger partial charge in [0, 0.05) is 29.8 Å². The van der Waals surface area contributed by atoms with Gasteiger partial charge in [0.15, 0.2) is 0 Å². The van der Waals surface area contributed by atoms with Gasteiger partial charge < -0.3 is 15.2 Å². The Kier molecular flexibility index (Phi) is 5.52. The quantitative estimate of drug-likeness (QED) is 0.604. The van der Waals surface area contributed by atoms with Gasteiger partial charge in [-0.15, -0.1) is 0 Å². The zero-order chi connectivity index (χ0) is 12.7. The number of halogens is 1. The van der Waals surface area contributed by atoms with Crippen LogP contribution in [0.2, 0.25) is 5.02 Å². The third-order valence-electron chi connectivity index (χ3n) is 2.08. The van der Waals surface area contributed by atoms with E-state index in [2.05, 4.69) is 5.32 Å². The Morgan fingerprint density at radius 1 is 1.59 bits per heavy atom. The van der Waals surface area contributed by atoms with Crippen molar-refractivity contribution in [2.45, 2.75) is 6.54 Å². The molecule has 0 aliphatic heterocycles. The molecule has 0 aliphatic rings. The third-order valence-corrected chi connectivity index (χ3v) is 2.32. The van der Waals surface area contributed by atoms with Gasteiger partial charge in [0.2, 0.25) is 0 Å². The van der Waals surface area contributed by atoms with E-state index in [9.17, 15) is 4.79 Å². The number of carboxylic acid groups (broad SMARTS) is 1. The van der Waals surface area contributed by atoms with E-state index in [0.717, 1.165) is 17.4 Å². The molecule has 0 spiro atoms. The molecule has 0 unspecified atom stereocenters. The molecule has 2 N–H and O–H groups in total. The van der Waals surface area contributed by atoms with E-state index in [1.165, 1.54) is 0 Å². The average Bonchev–Trinajstić information content (AvgIpc) is 2.28. The summed E-state index contributed by atoms with van der Waals surface area (Å²) in [4.78, 5) is 10.2. The molecule has 0 saturated heterocycles. The van der Waals surface area contributed by atoms with Gasteiger partial charge in [-0.05, 0) is 18.2 Å². The second-order valence-corrected chi connectivity index (χ2v) is 3.76. The number of hydrogen-bond donors (Lipinski definition) is 2. The molecule has 1 aromatic carbocycles. The Hall–Kier alpha value is -1.52. The fraction of sp³-hybridized carbons (Fsp3) is 0.250. The van der Waals surface area contributed by atoms with Crippen molar-refractivity contribution < 1.29 is 14.6 Å². The van der Waals surface area contributed by atoms with Crippen LogP contribution < -0.4 is 10.1 Å². The van der Waals surface area contributed by atoms with E-state index in [1.54, 1.807) is 25.3 Å². The van der Waals surface area contributed by atoms with Crippen LogP contribution in [0.5, 0.6) is 5.75 Å². The van der Waals surface area contributed by atoms with Crippen molar-refractivity contribution in [2.24, 2.45) is 0 Å². The van der Waals surface area contributed by atoms with E-state index < -0.39 is 5.97 Å². The first-order chi connectivity index (χ1) is 8.13. The molecule has 0 bridgehead atoms. The zero-order valence-electron chi connectivity index (χ0n) is 9.44. The number of nitrogens with one attached hydrogen (secondary N) is 1. The summed E-state index contributed by atoms with van der Waals surface area (Å²) in [5, 5.41) is 12.1. The third kappa shape index (κ3) is 4.89. The summed E-state index contributed by atoms with van der Waals surface area (Å²) in [6.07, 6.45) is 2.64. The molecule has 1 aromatic rings. The van der Waals surface area contributed by atoms with Gasteiger partial charge in [-0.1, -0.05) is 17.7 Å². The molecule has 1 rings (SSSR count). The van der Waals surface area contributed by atoms with Crippen LogP contribution in [0.4, 0.5) is 0 Å². The molecule has 0 amide bonds. The van der Waals surface area contributed by atoms with Crippen molar-refractivity contribution in [3.63, 3.8) is 0 Å². The zero-order valence-corrected chi connectivity index (χ0v) is 10.2. The van der Waals surface area contributed by atoms with E-state index in [-0.39, 0.29) is 0 Å². The molecule has 0 aromatic heterocycles. The molecule has 0 heterocycles. The first-order valence-electron chi connectivity index (χ1n) is 5.06. The molecular formula is C12H14ClNO3. The number of hydrogen-bond acceptors (Lipinski definition) is 3. The molecule has 17 heavy (non-hydrogen) atoms. The molecule has 0 fully saturated rings. The van der Waals surface area contributed by atoms with Crippen molar-refractivity contribution in [2.75, 3.05) is 13.7 Å². The largest absolute Gasteiger partial charge is 0.496 e. The Labute approximate surface area is 105 Å². The van der Waals surface area contributed by atoms with Crippen LogP contribution in [0.15, 0.2) is 30.4 Å². The highest BCUT2D eigenvalue weighted by Crippen LogP contribution is 2.22. The summed E-state index contributed by atoms with van der Waals surface area (Å²) in [6, 6.07) is 5.37. The summed E-state index contributed by atoms with van der Waals surface area (Å²) in [6.45, 7) is 1.04. The monoisotopic (exact) mass is 255 g/mol. The van der Waals surface area contributed by atoms with E-state index >= 15 is 0 Å². The Morgan fingerprint density at radius 2 is 2.35 bits per heavy atom. The van der Waals surface area contributed by atoms with E-state index in [0.29, 0.717) is 18.1 Å². The summed E-state index contributed by atoms with van der Waals surface area (Å²) in [5.74, 6) is -0.198. The molecule has 0 aliphatic carbocycles. The molecule has 5 heteroatoms.